The van der Waals surface area contributed by atoms with Crippen molar-refractivity contribution in [1.82, 2.24) is 0 Å². The van der Waals surface area contributed by atoms with Gasteiger partial charge in [0.05, 0.1) is 26.4 Å². The van der Waals surface area contributed by atoms with Crippen molar-refractivity contribution in [1.29, 1.82) is 0 Å². The fraction of sp³-hybridized carbons (Fsp3) is 0.545. The van der Waals surface area contributed by atoms with Crippen LogP contribution >= 0.6 is 0 Å². The molecule has 0 radical (unpaired) electrons. The van der Waals surface area contributed by atoms with Gasteiger partial charge in [-0.3, -0.25) is 0 Å². The first-order valence-electron chi connectivity index (χ1n) is 28.7. The highest BCUT2D eigenvalue weighted by Gasteiger charge is 2.24. The molecule has 0 saturated heterocycles. The van der Waals surface area contributed by atoms with Crippen molar-refractivity contribution in [3.8, 4) is 23.0 Å². The summed E-state index contributed by atoms with van der Waals surface area (Å²) in [6.07, 6.45) is 24.5. The van der Waals surface area contributed by atoms with E-state index in [2.05, 4.69) is 89.4 Å². The zero-order valence-corrected chi connectivity index (χ0v) is 46.6. The lowest BCUT2D eigenvalue weighted by atomic mass is 9.87. The van der Waals surface area contributed by atoms with Crippen molar-refractivity contribution in [3.63, 3.8) is 0 Å². The molecule has 0 unspecified atom stereocenters. The summed E-state index contributed by atoms with van der Waals surface area (Å²) in [5.41, 5.74) is 12.9. The van der Waals surface area contributed by atoms with Crippen LogP contribution in [-0.4, -0.2) is 48.6 Å². The number of benzene rings is 4. The van der Waals surface area contributed by atoms with Gasteiger partial charge in [-0.2, -0.15) is 0 Å². The summed E-state index contributed by atoms with van der Waals surface area (Å²) in [6.45, 7) is 20.8. The molecule has 74 heavy (non-hydrogen) atoms. The lowest BCUT2D eigenvalue weighted by Crippen LogP contribution is -2.12. The Hall–Kier alpha value is -5.50. The summed E-state index contributed by atoms with van der Waals surface area (Å²) in [5.74, 6) is 1.25. The molecular weight excluding hydrogens is 921 g/mol. The highest BCUT2D eigenvalue weighted by molar-refractivity contribution is 5.87. The molecule has 2 N–H and O–H groups in total. The van der Waals surface area contributed by atoms with Gasteiger partial charge in [-0.1, -0.05) is 166 Å². The van der Waals surface area contributed by atoms with Crippen molar-refractivity contribution in [2.75, 3.05) is 26.4 Å². The van der Waals surface area contributed by atoms with E-state index in [4.69, 9.17) is 18.9 Å². The fourth-order valence-electron chi connectivity index (χ4n) is 10.2. The Morgan fingerprint density at radius 3 is 0.892 bits per heavy atom. The van der Waals surface area contributed by atoms with Crippen LogP contribution in [0.3, 0.4) is 0 Å². The molecule has 0 fully saturated rings. The minimum atomic E-state index is -0.414. The minimum absolute atomic E-state index is 0.203. The number of rotatable bonds is 32. The Morgan fingerprint density at radius 2 is 0.649 bits per heavy atom. The average Bonchev–Trinajstić information content (AvgIpc) is 3.37. The number of esters is 2. The van der Waals surface area contributed by atoms with Crippen LogP contribution in [0.5, 0.6) is 23.0 Å². The number of carbonyl (C=O) groups is 2. The van der Waals surface area contributed by atoms with Gasteiger partial charge >= 0.3 is 11.9 Å². The van der Waals surface area contributed by atoms with E-state index in [0.717, 1.165) is 159 Å². The molecule has 0 aliphatic heterocycles. The quantitative estimate of drug-likeness (QED) is 0.0249. The van der Waals surface area contributed by atoms with Crippen LogP contribution in [0.4, 0.5) is 0 Å². The Balaban J connectivity index is 1.76. The largest absolute Gasteiger partial charge is 0.507 e. The van der Waals surface area contributed by atoms with E-state index < -0.39 is 11.9 Å². The third-order valence-electron chi connectivity index (χ3n) is 14.3. The van der Waals surface area contributed by atoms with Crippen molar-refractivity contribution < 1.29 is 38.7 Å². The molecule has 0 heterocycles. The normalized spacial score (nSPS) is 12.1. The van der Waals surface area contributed by atoms with Gasteiger partial charge < -0.3 is 29.2 Å². The van der Waals surface area contributed by atoms with Crippen molar-refractivity contribution in [2.45, 2.75) is 208 Å². The predicted octanol–water partition coefficient (Wildman–Crippen LogP) is 16.0. The number of aryl methyl sites for hydroxylation is 4. The minimum Gasteiger partial charge on any atom is -0.507 e. The molecule has 0 atom stereocenters. The second kappa shape index (κ2) is 32.1. The smallest absolute Gasteiger partial charge is 0.333 e. The van der Waals surface area contributed by atoms with Gasteiger partial charge in [-0.15, -0.1) is 0 Å². The monoisotopic (exact) mass is 1010 g/mol. The van der Waals surface area contributed by atoms with E-state index >= 15 is 0 Å². The third kappa shape index (κ3) is 19.0. The molecule has 0 saturated carbocycles. The number of hydrogen-bond donors (Lipinski definition) is 2. The second-order valence-electron chi connectivity index (χ2n) is 21.2. The maximum Gasteiger partial charge on any atom is 0.333 e. The van der Waals surface area contributed by atoms with Crippen LogP contribution in [-0.2, 0) is 70.4 Å². The number of unbranched alkanes of at least 4 members (excludes halogenated alkanes) is 12. The van der Waals surface area contributed by atoms with E-state index in [9.17, 15) is 19.8 Å². The maximum atomic E-state index is 12.7. The number of carbonyl (C=O) groups excluding carboxylic acids is 2. The van der Waals surface area contributed by atoms with E-state index in [1.807, 2.05) is 0 Å². The molecule has 0 amide bonds. The number of fused-ring (bicyclic) bond motifs is 8. The lowest BCUT2D eigenvalue weighted by Gasteiger charge is -2.23. The zero-order chi connectivity index (χ0) is 53.2. The first-order chi connectivity index (χ1) is 35.8. The highest BCUT2D eigenvalue weighted by Crippen LogP contribution is 2.41. The van der Waals surface area contributed by atoms with Crippen LogP contribution in [0.25, 0.3) is 0 Å². The molecule has 8 heteroatoms. The van der Waals surface area contributed by atoms with E-state index in [-0.39, 0.29) is 24.7 Å². The topological polar surface area (TPSA) is 112 Å². The first-order valence-corrected chi connectivity index (χ1v) is 28.7. The number of aromatic hydroxyl groups is 2. The van der Waals surface area contributed by atoms with Crippen LogP contribution in [0, 0.1) is 0 Å². The standard InChI is InChI=1S/C66H92O8/c1-9-13-17-21-27-49-35-53-43-57-39-51(29-23-19-15-11-3)41-59(63(57)71-31-25-33-73-65(69)47(5)6)45-55-37-50(28-22-18-14-10-2)38-56(62(55)68)46-60-42-52(30-24-20-16-12-4)40-58(44-54(36-49)61(53)67)64(60)72-32-26-34-74-66(70)48(7)8/h35-42,67-68H,5,7,9-34,43-46H2,1-4,6,8H3. The molecule has 1 aliphatic carbocycles. The summed E-state index contributed by atoms with van der Waals surface area (Å²) >= 11 is 0. The molecule has 5 rings (SSSR count). The average molecular weight is 1010 g/mol. The van der Waals surface area contributed by atoms with Gasteiger partial charge in [0, 0.05) is 49.7 Å². The molecule has 8 nitrogen and oxygen atoms in total. The SMILES string of the molecule is C=C(C)C(=O)OCCCOc1c2cc(CCCCCC)cc1Cc1cc(CCCCCC)cc(c1O)Cc1cc(CCCCCC)cc(c1OCCCOC(=O)C(=C)C)Cc1cc(CCCCCC)cc(c1O)C2. The molecule has 404 valence electrons. The Morgan fingerprint density at radius 1 is 0.392 bits per heavy atom. The predicted molar refractivity (Wildman–Crippen MR) is 303 cm³/mol. The Bertz CT molecular complexity index is 2180. The summed E-state index contributed by atoms with van der Waals surface area (Å²) in [7, 11) is 0. The lowest BCUT2D eigenvalue weighted by molar-refractivity contribution is -0.140. The summed E-state index contributed by atoms with van der Waals surface area (Å²) in [4.78, 5) is 24.7. The summed E-state index contributed by atoms with van der Waals surface area (Å²) in [5, 5.41) is 25.4. The van der Waals surface area contributed by atoms with Gasteiger partial charge in [-0.25, -0.2) is 9.59 Å². The van der Waals surface area contributed by atoms with Crippen molar-refractivity contribution >= 4 is 11.9 Å². The zero-order valence-electron chi connectivity index (χ0n) is 46.6. The van der Waals surface area contributed by atoms with Crippen LogP contribution < -0.4 is 9.47 Å². The Kier molecular flexibility index (Phi) is 25.7. The fourth-order valence-corrected chi connectivity index (χ4v) is 10.2. The number of phenolic OH excluding ortho intramolecular Hbond substituents is 2. The maximum absolute atomic E-state index is 12.7. The van der Waals surface area contributed by atoms with Crippen LogP contribution in [0.1, 0.15) is 224 Å². The second-order valence-corrected chi connectivity index (χ2v) is 21.2. The van der Waals surface area contributed by atoms with E-state index in [1.165, 1.54) is 47.9 Å². The van der Waals surface area contributed by atoms with Gasteiger partial charge in [0.2, 0.25) is 0 Å². The molecule has 4 aromatic rings. The summed E-state index contributed by atoms with van der Waals surface area (Å²) < 4.78 is 24.8. The van der Waals surface area contributed by atoms with Crippen LogP contribution in [0.2, 0.25) is 0 Å². The summed E-state index contributed by atoms with van der Waals surface area (Å²) in [6, 6.07) is 18.0. The van der Waals surface area contributed by atoms with Crippen molar-refractivity contribution in [2.24, 2.45) is 0 Å². The number of ether oxygens (including phenoxy) is 4. The molecular formula is C66H92O8. The number of phenols is 2. The van der Waals surface area contributed by atoms with Crippen LogP contribution in [0.15, 0.2) is 72.8 Å². The van der Waals surface area contributed by atoms with E-state index in [0.29, 0.717) is 62.9 Å². The van der Waals surface area contributed by atoms with Gasteiger partial charge in [0.25, 0.3) is 0 Å². The van der Waals surface area contributed by atoms with Gasteiger partial charge in [-0.05, 0) is 132 Å². The molecule has 1 aliphatic rings. The Labute approximate surface area is 446 Å². The van der Waals surface area contributed by atoms with E-state index in [1.54, 1.807) is 13.8 Å². The number of hydrogen-bond acceptors (Lipinski definition) is 8. The highest BCUT2D eigenvalue weighted by atomic mass is 16.5. The molecule has 0 aromatic heterocycles. The molecule has 0 spiro atoms. The van der Waals surface area contributed by atoms with Crippen molar-refractivity contribution in [3.05, 3.63) is 140 Å². The van der Waals surface area contributed by atoms with Gasteiger partial charge in [0.1, 0.15) is 23.0 Å². The molecule has 4 aromatic carbocycles. The van der Waals surface area contributed by atoms with Gasteiger partial charge in [0.15, 0.2) is 0 Å². The first kappa shape index (κ1) is 59.4. The third-order valence-corrected chi connectivity index (χ3v) is 14.3. The molecule has 8 bridgehead atoms.